The summed E-state index contributed by atoms with van der Waals surface area (Å²) in [5.41, 5.74) is 4.61. The first kappa shape index (κ1) is 16.6. The summed E-state index contributed by atoms with van der Waals surface area (Å²) in [6, 6.07) is 7.81. The Morgan fingerprint density at radius 3 is 1.62 bits per heavy atom. The third kappa shape index (κ3) is 4.13. The van der Waals surface area contributed by atoms with Crippen LogP contribution in [0.3, 0.4) is 0 Å². The minimum atomic E-state index is -0.776. The summed E-state index contributed by atoms with van der Waals surface area (Å²) in [7, 11) is 0. The van der Waals surface area contributed by atoms with Crippen LogP contribution in [-0.4, -0.2) is 38.9 Å². The van der Waals surface area contributed by atoms with Crippen molar-refractivity contribution in [1.82, 2.24) is 10.9 Å². The van der Waals surface area contributed by atoms with E-state index in [0.29, 0.717) is 0 Å². The van der Waals surface area contributed by atoms with Crippen molar-refractivity contribution in [3.05, 3.63) is 47.5 Å². The lowest BCUT2D eigenvalue weighted by atomic mass is 10.2. The van der Waals surface area contributed by atoms with Gasteiger partial charge in [0.15, 0.2) is 23.0 Å². The fraction of sp³-hybridized carbons (Fsp3) is 0. The van der Waals surface area contributed by atoms with Crippen molar-refractivity contribution in [2.75, 3.05) is 0 Å². The van der Waals surface area contributed by atoms with Gasteiger partial charge in [-0.2, -0.15) is 10.2 Å². The summed E-state index contributed by atoms with van der Waals surface area (Å²) >= 11 is 0. The maximum Gasteiger partial charge on any atom is 0.355 e. The van der Waals surface area contributed by atoms with Crippen LogP contribution in [0.1, 0.15) is 11.1 Å². The number of phenolic OH excluding ortho intramolecular Hbond substituents is 4. The summed E-state index contributed by atoms with van der Waals surface area (Å²) in [4.78, 5) is 11.5. The SMILES string of the molecule is O=C(N/N=C/c1cccc(O)c1O)N/N=C/c1cccc(O)c1O. The highest BCUT2D eigenvalue weighted by Gasteiger charge is 2.04. The molecule has 124 valence electrons. The van der Waals surface area contributed by atoms with E-state index in [1.54, 1.807) is 0 Å². The second-order valence-electron chi connectivity index (χ2n) is 4.50. The third-order valence-corrected chi connectivity index (χ3v) is 2.83. The number of nitrogens with zero attached hydrogens (tertiary/aromatic N) is 2. The van der Waals surface area contributed by atoms with Gasteiger partial charge in [0.1, 0.15) is 0 Å². The molecular weight excluding hydrogens is 316 g/mol. The Hall–Kier alpha value is -3.75. The summed E-state index contributed by atoms with van der Waals surface area (Å²) in [5.74, 6) is -1.33. The quantitative estimate of drug-likeness (QED) is 0.283. The molecule has 0 heterocycles. The van der Waals surface area contributed by atoms with E-state index in [0.717, 1.165) is 12.4 Å². The number of aromatic hydroxyl groups is 4. The molecule has 2 aromatic carbocycles. The molecule has 0 saturated heterocycles. The number of carbonyl (C=O) groups excluding carboxylic acids is 1. The van der Waals surface area contributed by atoms with Crippen molar-refractivity contribution in [3.8, 4) is 23.0 Å². The van der Waals surface area contributed by atoms with Crippen molar-refractivity contribution in [3.63, 3.8) is 0 Å². The molecule has 2 aromatic rings. The number of carbonyl (C=O) groups is 1. The van der Waals surface area contributed by atoms with E-state index in [1.807, 2.05) is 0 Å². The molecule has 0 saturated carbocycles. The van der Waals surface area contributed by atoms with E-state index in [4.69, 9.17) is 0 Å². The largest absolute Gasteiger partial charge is 0.504 e. The van der Waals surface area contributed by atoms with Gasteiger partial charge in [0, 0.05) is 11.1 Å². The van der Waals surface area contributed by atoms with Crippen LogP contribution >= 0.6 is 0 Å². The second kappa shape index (κ2) is 7.49. The molecule has 0 fully saturated rings. The standard InChI is InChI=1S/C15H14N4O5/c20-11-5-1-3-9(13(11)22)7-16-18-15(24)19-17-8-10-4-2-6-12(21)14(10)23/h1-8,20-23H,(H2,18,19,24)/b16-7+,17-8+. The normalized spacial score (nSPS) is 11.0. The van der Waals surface area contributed by atoms with Crippen LogP contribution in [0.4, 0.5) is 4.79 Å². The van der Waals surface area contributed by atoms with E-state index in [1.165, 1.54) is 36.4 Å². The predicted octanol–water partition coefficient (Wildman–Crippen LogP) is 1.18. The van der Waals surface area contributed by atoms with E-state index in [2.05, 4.69) is 21.1 Å². The zero-order chi connectivity index (χ0) is 17.5. The molecule has 0 aromatic heterocycles. The first-order chi connectivity index (χ1) is 11.5. The molecule has 9 heteroatoms. The van der Waals surface area contributed by atoms with Crippen LogP contribution in [0, 0.1) is 0 Å². The van der Waals surface area contributed by atoms with Crippen LogP contribution in [0.25, 0.3) is 0 Å². The Morgan fingerprint density at radius 1 is 0.792 bits per heavy atom. The van der Waals surface area contributed by atoms with Gasteiger partial charge in [-0.1, -0.05) is 12.1 Å². The van der Waals surface area contributed by atoms with Crippen molar-refractivity contribution < 1.29 is 25.2 Å². The van der Waals surface area contributed by atoms with Crippen LogP contribution in [0.5, 0.6) is 23.0 Å². The molecule has 0 aliphatic rings. The Balaban J connectivity index is 1.89. The van der Waals surface area contributed by atoms with E-state index < -0.39 is 6.03 Å². The van der Waals surface area contributed by atoms with Gasteiger partial charge in [0.05, 0.1) is 12.4 Å². The molecule has 0 bridgehead atoms. The number of phenols is 4. The number of amides is 2. The summed E-state index contributed by atoms with van der Waals surface area (Å²) in [6.07, 6.45) is 2.28. The second-order valence-corrected chi connectivity index (χ2v) is 4.50. The van der Waals surface area contributed by atoms with Crippen molar-refractivity contribution in [1.29, 1.82) is 0 Å². The fourth-order valence-electron chi connectivity index (χ4n) is 1.65. The number of hydrogen-bond acceptors (Lipinski definition) is 7. The molecule has 0 atom stereocenters. The average molecular weight is 330 g/mol. The Morgan fingerprint density at radius 2 is 1.21 bits per heavy atom. The number of urea groups is 1. The molecule has 0 aliphatic heterocycles. The van der Waals surface area contributed by atoms with Crippen LogP contribution in [0.2, 0.25) is 0 Å². The number of rotatable bonds is 4. The van der Waals surface area contributed by atoms with E-state index in [9.17, 15) is 25.2 Å². The molecule has 0 spiro atoms. The average Bonchev–Trinajstić information content (AvgIpc) is 2.55. The van der Waals surface area contributed by atoms with Crippen molar-refractivity contribution >= 4 is 18.5 Å². The molecule has 2 rings (SSSR count). The van der Waals surface area contributed by atoms with Gasteiger partial charge in [-0.05, 0) is 24.3 Å². The van der Waals surface area contributed by atoms with Crippen molar-refractivity contribution in [2.45, 2.75) is 0 Å². The molecule has 9 nitrogen and oxygen atoms in total. The van der Waals surface area contributed by atoms with Crippen LogP contribution in [0.15, 0.2) is 46.6 Å². The lowest BCUT2D eigenvalue weighted by Crippen LogP contribution is -2.28. The highest BCUT2D eigenvalue weighted by molar-refractivity contribution is 5.87. The molecule has 24 heavy (non-hydrogen) atoms. The first-order valence-electron chi connectivity index (χ1n) is 6.63. The van der Waals surface area contributed by atoms with Gasteiger partial charge in [0.2, 0.25) is 0 Å². The van der Waals surface area contributed by atoms with Gasteiger partial charge >= 0.3 is 6.03 Å². The van der Waals surface area contributed by atoms with Gasteiger partial charge in [-0.15, -0.1) is 0 Å². The van der Waals surface area contributed by atoms with E-state index in [-0.39, 0.29) is 34.1 Å². The predicted molar refractivity (Wildman–Crippen MR) is 86.4 cm³/mol. The van der Waals surface area contributed by atoms with Gasteiger partial charge in [0.25, 0.3) is 0 Å². The van der Waals surface area contributed by atoms with Crippen molar-refractivity contribution in [2.24, 2.45) is 10.2 Å². The molecule has 0 radical (unpaired) electrons. The highest BCUT2D eigenvalue weighted by atomic mass is 16.3. The lowest BCUT2D eigenvalue weighted by molar-refractivity contribution is 0.242. The molecule has 0 aliphatic carbocycles. The smallest absolute Gasteiger partial charge is 0.355 e. The van der Waals surface area contributed by atoms with Gasteiger partial charge < -0.3 is 20.4 Å². The summed E-state index contributed by atoms with van der Waals surface area (Å²) < 4.78 is 0. The number of benzene rings is 2. The number of para-hydroxylation sites is 2. The van der Waals surface area contributed by atoms with Crippen LogP contribution < -0.4 is 10.9 Å². The fourth-order valence-corrected chi connectivity index (χ4v) is 1.65. The Kier molecular flexibility index (Phi) is 5.19. The molecule has 2 amide bonds. The zero-order valence-corrected chi connectivity index (χ0v) is 12.2. The number of nitrogens with one attached hydrogen (secondary N) is 2. The van der Waals surface area contributed by atoms with Gasteiger partial charge in [-0.3, -0.25) is 0 Å². The summed E-state index contributed by atoms with van der Waals surface area (Å²) in [5, 5.41) is 44.9. The lowest BCUT2D eigenvalue weighted by Gasteiger charge is -2.02. The topological polar surface area (TPSA) is 147 Å². The summed E-state index contributed by atoms with van der Waals surface area (Å²) in [6.45, 7) is 0. The minimum Gasteiger partial charge on any atom is -0.504 e. The monoisotopic (exact) mass is 330 g/mol. The minimum absolute atomic E-state index is 0.212. The number of hydrogen-bond donors (Lipinski definition) is 6. The Bertz CT molecular complexity index is 739. The third-order valence-electron chi connectivity index (χ3n) is 2.83. The first-order valence-corrected chi connectivity index (χ1v) is 6.63. The number of hydrazone groups is 2. The Labute approximate surface area is 136 Å². The maximum atomic E-state index is 11.5. The highest BCUT2D eigenvalue weighted by Crippen LogP contribution is 2.27. The van der Waals surface area contributed by atoms with Crippen LogP contribution in [-0.2, 0) is 0 Å². The van der Waals surface area contributed by atoms with Gasteiger partial charge in [-0.25, -0.2) is 15.6 Å². The van der Waals surface area contributed by atoms with E-state index >= 15 is 0 Å². The molecular formula is C15H14N4O5. The molecule has 0 unspecified atom stereocenters. The maximum absolute atomic E-state index is 11.5. The zero-order valence-electron chi connectivity index (χ0n) is 12.2. The molecule has 6 N–H and O–H groups in total.